The lowest BCUT2D eigenvalue weighted by Crippen LogP contribution is -2.24. The van der Waals surface area contributed by atoms with Gasteiger partial charge >= 0.3 is 0 Å². The number of hydrogen-bond donors (Lipinski definition) is 1. The standard InChI is InChI=1S/C17H20ClN3O/c1-3-4-11-9-20-10(2)21-16(11)15-7-13(18)5-12-6-14(8-19)22-17(12)15/h5,7,9,14H,3-4,6,8,19H2,1-2H3. The summed E-state index contributed by atoms with van der Waals surface area (Å²) in [5, 5.41) is 0.703. The number of fused-ring (bicyclic) bond motifs is 1. The van der Waals surface area contributed by atoms with E-state index in [1.165, 1.54) is 0 Å². The van der Waals surface area contributed by atoms with Crippen molar-refractivity contribution < 1.29 is 4.74 Å². The van der Waals surface area contributed by atoms with Crippen molar-refractivity contribution in [1.29, 1.82) is 0 Å². The van der Waals surface area contributed by atoms with Crippen LogP contribution in [0.4, 0.5) is 0 Å². The Labute approximate surface area is 135 Å². The predicted molar refractivity (Wildman–Crippen MR) is 88.4 cm³/mol. The minimum Gasteiger partial charge on any atom is -0.488 e. The summed E-state index contributed by atoms with van der Waals surface area (Å²) in [6.07, 6.45) is 4.69. The molecule has 0 saturated heterocycles. The molecule has 22 heavy (non-hydrogen) atoms. The van der Waals surface area contributed by atoms with E-state index >= 15 is 0 Å². The molecule has 0 amide bonds. The molecule has 2 N–H and O–H groups in total. The largest absolute Gasteiger partial charge is 0.488 e. The third-order valence-electron chi connectivity index (χ3n) is 3.89. The fraction of sp³-hybridized carbons (Fsp3) is 0.412. The van der Waals surface area contributed by atoms with Crippen LogP contribution in [0.15, 0.2) is 18.3 Å². The molecule has 1 aliphatic heterocycles. The number of aryl methyl sites for hydroxylation is 2. The van der Waals surface area contributed by atoms with E-state index in [2.05, 4.69) is 16.9 Å². The first-order valence-corrected chi connectivity index (χ1v) is 8.02. The van der Waals surface area contributed by atoms with Crippen LogP contribution in [0.1, 0.15) is 30.3 Å². The molecule has 1 aliphatic rings. The van der Waals surface area contributed by atoms with Gasteiger partial charge in [-0.2, -0.15) is 0 Å². The molecule has 2 aromatic rings. The summed E-state index contributed by atoms with van der Waals surface area (Å²) in [4.78, 5) is 8.98. The van der Waals surface area contributed by atoms with Gasteiger partial charge in [0.15, 0.2) is 0 Å². The Kier molecular flexibility index (Phi) is 4.32. The first-order valence-electron chi connectivity index (χ1n) is 7.64. The highest BCUT2D eigenvalue weighted by molar-refractivity contribution is 6.31. The van der Waals surface area contributed by atoms with Crippen molar-refractivity contribution in [2.75, 3.05) is 6.54 Å². The Morgan fingerprint density at radius 3 is 2.95 bits per heavy atom. The van der Waals surface area contributed by atoms with Crippen LogP contribution < -0.4 is 10.5 Å². The molecule has 0 bridgehead atoms. The maximum atomic E-state index is 6.31. The zero-order chi connectivity index (χ0) is 15.7. The zero-order valence-corrected chi connectivity index (χ0v) is 13.7. The Balaban J connectivity index is 2.16. The summed E-state index contributed by atoms with van der Waals surface area (Å²) in [6, 6.07) is 3.89. The first kappa shape index (κ1) is 15.3. The highest BCUT2D eigenvalue weighted by Gasteiger charge is 2.27. The molecule has 0 saturated carbocycles. The van der Waals surface area contributed by atoms with E-state index in [1.54, 1.807) is 0 Å². The smallest absolute Gasteiger partial charge is 0.132 e. The molecule has 1 aromatic heterocycles. The van der Waals surface area contributed by atoms with Crippen molar-refractivity contribution in [1.82, 2.24) is 9.97 Å². The van der Waals surface area contributed by atoms with Crippen LogP contribution in [-0.4, -0.2) is 22.6 Å². The Hall–Kier alpha value is -1.65. The van der Waals surface area contributed by atoms with Gasteiger partial charge in [-0.25, -0.2) is 9.97 Å². The van der Waals surface area contributed by atoms with E-state index in [1.807, 2.05) is 25.3 Å². The van der Waals surface area contributed by atoms with Crippen molar-refractivity contribution in [2.24, 2.45) is 5.73 Å². The third-order valence-corrected chi connectivity index (χ3v) is 4.10. The highest BCUT2D eigenvalue weighted by atomic mass is 35.5. The first-order chi connectivity index (χ1) is 10.6. The van der Waals surface area contributed by atoms with Crippen LogP contribution in [0.3, 0.4) is 0 Å². The average molecular weight is 318 g/mol. The molecule has 4 nitrogen and oxygen atoms in total. The van der Waals surface area contributed by atoms with E-state index in [0.29, 0.717) is 11.6 Å². The van der Waals surface area contributed by atoms with Crippen molar-refractivity contribution >= 4 is 11.6 Å². The van der Waals surface area contributed by atoms with E-state index < -0.39 is 0 Å². The quantitative estimate of drug-likeness (QED) is 0.939. The Morgan fingerprint density at radius 2 is 2.23 bits per heavy atom. The SMILES string of the molecule is CCCc1cnc(C)nc1-c1cc(Cl)cc2c1OC(CN)C2. The number of ether oxygens (including phenoxy) is 1. The van der Waals surface area contributed by atoms with Gasteiger partial charge in [-0.3, -0.25) is 0 Å². The van der Waals surface area contributed by atoms with Gasteiger partial charge in [0.2, 0.25) is 0 Å². The molecule has 5 heteroatoms. The van der Waals surface area contributed by atoms with Crippen LogP contribution in [0, 0.1) is 6.92 Å². The average Bonchev–Trinajstić information content (AvgIpc) is 2.91. The second-order valence-corrected chi connectivity index (χ2v) is 6.10. The van der Waals surface area contributed by atoms with Gasteiger partial charge in [0, 0.05) is 35.3 Å². The van der Waals surface area contributed by atoms with E-state index in [4.69, 9.17) is 22.1 Å². The number of halogens is 1. The van der Waals surface area contributed by atoms with Crippen molar-refractivity contribution in [3.05, 3.63) is 40.3 Å². The topological polar surface area (TPSA) is 61.0 Å². The number of benzene rings is 1. The molecule has 0 fully saturated rings. The molecule has 116 valence electrons. The lowest BCUT2D eigenvalue weighted by Gasteiger charge is -2.14. The second-order valence-electron chi connectivity index (χ2n) is 5.66. The molecule has 1 unspecified atom stereocenters. The van der Waals surface area contributed by atoms with Crippen molar-refractivity contribution in [3.8, 4) is 17.0 Å². The van der Waals surface area contributed by atoms with E-state index in [-0.39, 0.29) is 6.10 Å². The molecular formula is C17H20ClN3O. The number of hydrogen-bond acceptors (Lipinski definition) is 4. The summed E-state index contributed by atoms with van der Waals surface area (Å²) in [6.45, 7) is 4.54. The number of nitrogens with two attached hydrogens (primary N) is 1. The third kappa shape index (κ3) is 2.81. The monoisotopic (exact) mass is 317 g/mol. The predicted octanol–water partition coefficient (Wildman–Crippen LogP) is 3.32. The lowest BCUT2D eigenvalue weighted by atomic mass is 9.99. The number of aromatic nitrogens is 2. The van der Waals surface area contributed by atoms with Gasteiger partial charge in [0.05, 0.1) is 5.69 Å². The summed E-state index contributed by atoms with van der Waals surface area (Å²) in [7, 11) is 0. The zero-order valence-electron chi connectivity index (χ0n) is 12.9. The number of nitrogens with zero attached hydrogens (tertiary/aromatic N) is 2. The molecule has 1 atom stereocenters. The molecular weight excluding hydrogens is 298 g/mol. The van der Waals surface area contributed by atoms with E-state index in [0.717, 1.165) is 53.2 Å². The van der Waals surface area contributed by atoms with Gasteiger partial charge in [0.25, 0.3) is 0 Å². The van der Waals surface area contributed by atoms with Crippen molar-refractivity contribution in [3.63, 3.8) is 0 Å². The van der Waals surface area contributed by atoms with Gasteiger partial charge in [-0.1, -0.05) is 24.9 Å². The van der Waals surface area contributed by atoms with Gasteiger partial charge in [0.1, 0.15) is 17.7 Å². The lowest BCUT2D eigenvalue weighted by molar-refractivity contribution is 0.242. The molecule has 0 spiro atoms. The van der Waals surface area contributed by atoms with Crippen LogP contribution in [0.25, 0.3) is 11.3 Å². The van der Waals surface area contributed by atoms with Crippen LogP contribution in [-0.2, 0) is 12.8 Å². The summed E-state index contributed by atoms with van der Waals surface area (Å²) >= 11 is 6.31. The van der Waals surface area contributed by atoms with Crippen LogP contribution >= 0.6 is 11.6 Å². The van der Waals surface area contributed by atoms with Crippen LogP contribution in [0.2, 0.25) is 5.02 Å². The van der Waals surface area contributed by atoms with Gasteiger partial charge in [-0.15, -0.1) is 0 Å². The molecule has 2 heterocycles. The molecule has 3 rings (SSSR count). The van der Waals surface area contributed by atoms with Crippen molar-refractivity contribution in [2.45, 2.75) is 39.2 Å². The fourth-order valence-electron chi connectivity index (χ4n) is 2.88. The van der Waals surface area contributed by atoms with Crippen LogP contribution in [0.5, 0.6) is 5.75 Å². The Morgan fingerprint density at radius 1 is 1.41 bits per heavy atom. The van der Waals surface area contributed by atoms with Gasteiger partial charge in [-0.05, 0) is 31.0 Å². The summed E-state index contributed by atoms with van der Waals surface area (Å²) in [5.74, 6) is 1.62. The summed E-state index contributed by atoms with van der Waals surface area (Å²) in [5.41, 5.74) is 9.86. The molecule has 0 radical (unpaired) electrons. The second kappa shape index (κ2) is 6.23. The highest BCUT2D eigenvalue weighted by Crippen LogP contribution is 2.41. The molecule has 0 aliphatic carbocycles. The fourth-order valence-corrected chi connectivity index (χ4v) is 3.12. The Bertz CT molecular complexity index is 703. The minimum absolute atomic E-state index is 0.0183. The van der Waals surface area contributed by atoms with Gasteiger partial charge < -0.3 is 10.5 Å². The maximum absolute atomic E-state index is 6.31. The maximum Gasteiger partial charge on any atom is 0.132 e. The molecule has 1 aromatic carbocycles. The number of rotatable bonds is 4. The minimum atomic E-state index is 0.0183. The summed E-state index contributed by atoms with van der Waals surface area (Å²) < 4.78 is 6.03. The van der Waals surface area contributed by atoms with E-state index in [9.17, 15) is 0 Å². The normalized spacial score (nSPS) is 16.5.